The summed E-state index contributed by atoms with van der Waals surface area (Å²) >= 11 is 3.30. The number of carbonyl (C=O) groups is 1. The zero-order valence-electron chi connectivity index (χ0n) is 12.3. The molecule has 2 aromatic rings. The molecule has 0 unspecified atom stereocenters. The number of thiophene rings is 2. The van der Waals surface area contributed by atoms with Crippen LogP contribution in [0.15, 0.2) is 28.3 Å². The maximum absolute atomic E-state index is 11.4. The van der Waals surface area contributed by atoms with Crippen LogP contribution in [-0.2, 0) is 13.1 Å². The van der Waals surface area contributed by atoms with Crippen molar-refractivity contribution in [3.05, 3.63) is 44.3 Å². The van der Waals surface area contributed by atoms with Gasteiger partial charge in [0.05, 0.1) is 4.88 Å². The SMILES string of the molecule is CC[C@@H](C)N(Cc1ccsc1)Cc1csc(C(C)=O)c1. The van der Waals surface area contributed by atoms with Crippen molar-refractivity contribution in [1.29, 1.82) is 0 Å². The van der Waals surface area contributed by atoms with Gasteiger partial charge in [0.15, 0.2) is 5.78 Å². The molecule has 0 aliphatic carbocycles. The molecular formula is C16H21NOS2. The summed E-state index contributed by atoms with van der Waals surface area (Å²) in [5.41, 5.74) is 2.62. The van der Waals surface area contributed by atoms with Crippen LogP contribution in [0.5, 0.6) is 0 Å². The first kappa shape index (κ1) is 15.4. The quantitative estimate of drug-likeness (QED) is 0.684. The number of hydrogen-bond donors (Lipinski definition) is 0. The van der Waals surface area contributed by atoms with Gasteiger partial charge < -0.3 is 0 Å². The Hall–Kier alpha value is -0.970. The molecule has 20 heavy (non-hydrogen) atoms. The Morgan fingerprint density at radius 2 is 2.05 bits per heavy atom. The Kier molecular flexibility index (Phi) is 5.52. The van der Waals surface area contributed by atoms with Crippen molar-refractivity contribution in [1.82, 2.24) is 4.90 Å². The maximum atomic E-state index is 11.4. The second kappa shape index (κ2) is 7.16. The molecule has 0 saturated heterocycles. The highest BCUT2D eigenvalue weighted by molar-refractivity contribution is 7.12. The molecule has 0 aliphatic rings. The minimum atomic E-state index is 0.161. The van der Waals surface area contributed by atoms with E-state index in [0.717, 1.165) is 24.4 Å². The number of nitrogens with zero attached hydrogens (tertiary/aromatic N) is 1. The third-order valence-corrected chi connectivity index (χ3v) is 5.38. The van der Waals surface area contributed by atoms with Gasteiger partial charge in [0.2, 0.25) is 0 Å². The molecular weight excluding hydrogens is 286 g/mol. The first-order valence-corrected chi connectivity index (χ1v) is 8.75. The van der Waals surface area contributed by atoms with Crippen molar-refractivity contribution in [2.45, 2.75) is 46.3 Å². The molecule has 0 bridgehead atoms. The maximum Gasteiger partial charge on any atom is 0.169 e. The van der Waals surface area contributed by atoms with Crippen molar-refractivity contribution in [2.24, 2.45) is 0 Å². The predicted molar refractivity (Wildman–Crippen MR) is 87.6 cm³/mol. The van der Waals surface area contributed by atoms with E-state index in [2.05, 4.69) is 41.0 Å². The Balaban J connectivity index is 2.08. The summed E-state index contributed by atoms with van der Waals surface area (Å²) in [7, 11) is 0. The van der Waals surface area contributed by atoms with Gasteiger partial charge in [0, 0.05) is 19.1 Å². The fraction of sp³-hybridized carbons (Fsp3) is 0.438. The summed E-state index contributed by atoms with van der Waals surface area (Å²) in [6, 6.07) is 4.76. The Morgan fingerprint density at radius 3 is 2.60 bits per heavy atom. The number of carbonyl (C=O) groups excluding carboxylic acids is 1. The van der Waals surface area contributed by atoms with E-state index in [4.69, 9.17) is 0 Å². The Morgan fingerprint density at radius 1 is 1.30 bits per heavy atom. The molecule has 2 nitrogen and oxygen atoms in total. The summed E-state index contributed by atoms with van der Waals surface area (Å²) < 4.78 is 0. The molecule has 0 aromatic carbocycles. The lowest BCUT2D eigenvalue weighted by Crippen LogP contribution is -2.31. The van der Waals surface area contributed by atoms with Crippen molar-refractivity contribution in [2.75, 3.05) is 0 Å². The van der Waals surface area contributed by atoms with Gasteiger partial charge in [-0.2, -0.15) is 11.3 Å². The highest BCUT2D eigenvalue weighted by Gasteiger charge is 2.15. The van der Waals surface area contributed by atoms with Crippen molar-refractivity contribution in [3.8, 4) is 0 Å². The van der Waals surface area contributed by atoms with Crippen LogP contribution >= 0.6 is 22.7 Å². The number of Topliss-reactive ketones (excluding diaryl/α,β-unsaturated/α-hetero) is 1. The third-order valence-electron chi connectivity index (χ3n) is 3.57. The van der Waals surface area contributed by atoms with Crippen LogP contribution in [0.4, 0.5) is 0 Å². The van der Waals surface area contributed by atoms with Crippen LogP contribution in [0.1, 0.15) is 48.0 Å². The first-order valence-electron chi connectivity index (χ1n) is 6.93. The lowest BCUT2D eigenvalue weighted by Gasteiger charge is -2.27. The molecule has 0 fully saturated rings. The average Bonchev–Trinajstić information content (AvgIpc) is 3.08. The molecule has 2 rings (SSSR count). The standard InChI is InChI=1S/C16H21NOS2/c1-4-12(2)17(8-14-5-6-19-10-14)9-15-7-16(13(3)18)20-11-15/h5-7,10-12H,4,8-9H2,1-3H3/t12-/m1/s1. The summed E-state index contributed by atoms with van der Waals surface area (Å²) in [6.45, 7) is 8.01. The lowest BCUT2D eigenvalue weighted by molar-refractivity contribution is 0.102. The van der Waals surface area contributed by atoms with Gasteiger partial charge in [-0.1, -0.05) is 6.92 Å². The van der Waals surface area contributed by atoms with Gasteiger partial charge >= 0.3 is 0 Å². The van der Waals surface area contributed by atoms with E-state index >= 15 is 0 Å². The van der Waals surface area contributed by atoms with Gasteiger partial charge in [-0.05, 0) is 59.7 Å². The highest BCUT2D eigenvalue weighted by Crippen LogP contribution is 2.21. The van der Waals surface area contributed by atoms with Crippen molar-refractivity contribution in [3.63, 3.8) is 0 Å². The molecule has 4 heteroatoms. The van der Waals surface area contributed by atoms with E-state index in [1.165, 1.54) is 11.1 Å². The average molecular weight is 307 g/mol. The van der Waals surface area contributed by atoms with E-state index in [1.807, 2.05) is 6.07 Å². The van der Waals surface area contributed by atoms with Crippen molar-refractivity contribution < 1.29 is 4.79 Å². The van der Waals surface area contributed by atoms with Crippen LogP contribution in [0.3, 0.4) is 0 Å². The second-order valence-corrected chi connectivity index (χ2v) is 6.86. The highest BCUT2D eigenvalue weighted by atomic mass is 32.1. The summed E-state index contributed by atoms with van der Waals surface area (Å²) in [5.74, 6) is 0.161. The van der Waals surface area contributed by atoms with E-state index in [9.17, 15) is 4.79 Å². The summed E-state index contributed by atoms with van der Waals surface area (Å²) in [4.78, 5) is 14.7. The molecule has 0 radical (unpaired) electrons. The number of ketones is 1. The molecule has 0 saturated carbocycles. The predicted octanol–water partition coefficient (Wildman–Crippen LogP) is 4.81. The van der Waals surface area contributed by atoms with Crippen LogP contribution < -0.4 is 0 Å². The van der Waals surface area contributed by atoms with Gasteiger partial charge in [-0.15, -0.1) is 11.3 Å². The monoisotopic (exact) mass is 307 g/mol. The minimum Gasteiger partial charge on any atom is -0.294 e. The molecule has 2 heterocycles. The van der Waals surface area contributed by atoms with Crippen LogP contribution in [0, 0.1) is 0 Å². The smallest absolute Gasteiger partial charge is 0.169 e. The van der Waals surface area contributed by atoms with Gasteiger partial charge in [0.1, 0.15) is 0 Å². The first-order chi connectivity index (χ1) is 9.60. The second-order valence-electron chi connectivity index (χ2n) is 5.17. The third kappa shape index (κ3) is 4.01. The van der Waals surface area contributed by atoms with Gasteiger partial charge in [0.25, 0.3) is 0 Å². The minimum absolute atomic E-state index is 0.161. The topological polar surface area (TPSA) is 20.3 Å². The van der Waals surface area contributed by atoms with Crippen LogP contribution in [-0.4, -0.2) is 16.7 Å². The Labute approximate surface area is 129 Å². The zero-order valence-corrected chi connectivity index (χ0v) is 13.9. The number of hydrogen-bond acceptors (Lipinski definition) is 4. The largest absolute Gasteiger partial charge is 0.294 e. The fourth-order valence-corrected chi connectivity index (χ4v) is 3.59. The van der Waals surface area contributed by atoms with E-state index in [0.29, 0.717) is 6.04 Å². The molecule has 0 aliphatic heterocycles. The van der Waals surface area contributed by atoms with Gasteiger partial charge in [-0.3, -0.25) is 9.69 Å². The summed E-state index contributed by atoms with van der Waals surface area (Å²) in [5, 5.41) is 6.45. The molecule has 108 valence electrons. The fourth-order valence-electron chi connectivity index (χ4n) is 2.12. The molecule has 0 spiro atoms. The lowest BCUT2D eigenvalue weighted by atomic mass is 10.1. The van der Waals surface area contributed by atoms with Crippen LogP contribution in [0.2, 0.25) is 0 Å². The van der Waals surface area contributed by atoms with Gasteiger partial charge in [-0.25, -0.2) is 0 Å². The zero-order chi connectivity index (χ0) is 14.5. The summed E-state index contributed by atoms with van der Waals surface area (Å²) in [6.07, 6.45) is 1.13. The van der Waals surface area contributed by atoms with E-state index < -0.39 is 0 Å². The molecule has 0 N–H and O–H groups in total. The Bertz CT molecular complexity index is 545. The normalized spacial score (nSPS) is 12.8. The molecule has 2 aromatic heterocycles. The van der Waals surface area contributed by atoms with E-state index in [-0.39, 0.29) is 5.78 Å². The molecule has 0 amide bonds. The number of rotatable bonds is 7. The molecule has 1 atom stereocenters. The van der Waals surface area contributed by atoms with Crippen molar-refractivity contribution >= 4 is 28.5 Å². The van der Waals surface area contributed by atoms with E-state index in [1.54, 1.807) is 29.6 Å². The van der Waals surface area contributed by atoms with Crippen LogP contribution in [0.25, 0.3) is 0 Å².